The lowest BCUT2D eigenvalue weighted by molar-refractivity contribution is -0.120. The van der Waals surface area contributed by atoms with Crippen molar-refractivity contribution in [2.24, 2.45) is 0 Å². The predicted molar refractivity (Wildman–Crippen MR) is 114 cm³/mol. The van der Waals surface area contributed by atoms with Crippen LogP contribution < -0.4 is 15.6 Å². The van der Waals surface area contributed by atoms with E-state index in [0.717, 1.165) is 16.9 Å². The molecule has 1 amide bonds. The van der Waals surface area contributed by atoms with Crippen molar-refractivity contribution in [3.8, 4) is 5.75 Å². The van der Waals surface area contributed by atoms with Crippen LogP contribution in [0.1, 0.15) is 16.8 Å². The molecule has 0 bridgehead atoms. The summed E-state index contributed by atoms with van der Waals surface area (Å²) in [5, 5.41) is 3.86. The van der Waals surface area contributed by atoms with Gasteiger partial charge in [-0.3, -0.25) is 9.59 Å². The Labute approximate surface area is 177 Å². The third kappa shape index (κ3) is 6.37. The molecule has 0 radical (unpaired) electrons. The number of halogens is 1. The van der Waals surface area contributed by atoms with Gasteiger partial charge in [0, 0.05) is 23.4 Å². The Kier molecular flexibility index (Phi) is 7.32. The van der Waals surface area contributed by atoms with E-state index >= 15 is 0 Å². The van der Waals surface area contributed by atoms with E-state index in [1.54, 1.807) is 13.2 Å². The summed E-state index contributed by atoms with van der Waals surface area (Å²) in [5.41, 5.74) is 2.00. The highest BCUT2D eigenvalue weighted by Gasteiger charge is 2.09. The second-order valence-corrected chi connectivity index (χ2v) is 7.60. The fourth-order valence-electron chi connectivity index (χ4n) is 2.62. The molecule has 1 heterocycles. The lowest BCUT2D eigenvalue weighted by atomic mass is 10.2. The molecular weight excluding hydrogens is 410 g/mol. The van der Waals surface area contributed by atoms with E-state index in [9.17, 15) is 9.59 Å². The fraction of sp³-hybridized carbons (Fsp3) is 0.190. The molecule has 150 valence electrons. The Morgan fingerprint density at radius 2 is 2.03 bits per heavy atom. The van der Waals surface area contributed by atoms with Crippen molar-refractivity contribution in [3.05, 3.63) is 86.8 Å². The number of aromatic amines is 1. The number of H-pyrrole nitrogens is 1. The van der Waals surface area contributed by atoms with Crippen LogP contribution in [0.25, 0.3) is 0 Å². The zero-order valence-electron chi connectivity index (χ0n) is 15.8. The first kappa shape index (κ1) is 21.0. The third-order valence-corrected chi connectivity index (χ3v) is 5.37. The summed E-state index contributed by atoms with van der Waals surface area (Å²) < 4.78 is 5.22. The first-order valence-electron chi connectivity index (χ1n) is 8.89. The molecule has 8 heteroatoms. The highest BCUT2D eigenvalue weighted by atomic mass is 35.5. The maximum atomic E-state index is 12.2. The molecule has 0 unspecified atom stereocenters. The van der Waals surface area contributed by atoms with Gasteiger partial charge in [0.05, 0.1) is 19.2 Å². The van der Waals surface area contributed by atoms with Gasteiger partial charge in [-0.1, -0.05) is 53.7 Å². The molecule has 6 nitrogen and oxygen atoms in total. The van der Waals surface area contributed by atoms with E-state index < -0.39 is 0 Å². The van der Waals surface area contributed by atoms with Crippen LogP contribution in [0.4, 0.5) is 0 Å². The van der Waals surface area contributed by atoms with Crippen LogP contribution in [0.5, 0.6) is 5.75 Å². The topological polar surface area (TPSA) is 84.1 Å². The molecule has 0 aliphatic rings. The summed E-state index contributed by atoms with van der Waals surface area (Å²) in [4.78, 5) is 31.3. The lowest BCUT2D eigenvalue weighted by Gasteiger charge is -2.08. The molecule has 0 spiro atoms. The van der Waals surface area contributed by atoms with Crippen LogP contribution in [-0.2, 0) is 23.5 Å². The van der Waals surface area contributed by atoms with E-state index in [-0.39, 0.29) is 17.9 Å². The van der Waals surface area contributed by atoms with Crippen LogP contribution in [0.15, 0.2) is 64.5 Å². The summed E-state index contributed by atoms with van der Waals surface area (Å²) >= 11 is 7.48. The molecule has 0 saturated heterocycles. The average Bonchev–Trinajstić information content (AvgIpc) is 2.71. The summed E-state index contributed by atoms with van der Waals surface area (Å²) in [7, 11) is 1.62. The van der Waals surface area contributed by atoms with E-state index in [1.807, 2.05) is 42.5 Å². The summed E-state index contributed by atoms with van der Waals surface area (Å²) in [5.74, 6) is 1.16. The van der Waals surface area contributed by atoms with E-state index in [2.05, 4.69) is 15.3 Å². The number of benzene rings is 2. The van der Waals surface area contributed by atoms with Crippen molar-refractivity contribution in [1.82, 2.24) is 15.3 Å². The molecule has 0 aliphatic carbocycles. The van der Waals surface area contributed by atoms with Gasteiger partial charge >= 0.3 is 0 Å². The van der Waals surface area contributed by atoms with E-state index in [4.69, 9.17) is 16.3 Å². The van der Waals surface area contributed by atoms with Gasteiger partial charge in [0.1, 0.15) is 5.75 Å². The van der Waals surface area contributed by atoms with Crippen molar-refractivity contribution in [3.63, 3.8) is 0 Å². The maximum absolute atomic E-state index is 12.2. The molecule has 2 N–H and O–H groups in total. The minimum atomic E-state index is -0.290. The fourth-order valence-corrected chi connectivity index (χ4v) is 3.66. The number of hydrogen-bond donors (Lipinski definition) is 2. The number of thioether (sulfide) groups is 1. The molecule has 1 aromatic heterocycles. The van der Waals surface area contributed by atoms with E-state index in [0.29, 0.717) is 28.2 Å². The van der Waals surface area contributed by atoms with Crippen molar-refractivity contribution < 1.29 is 9.53 Å². The standard InChI is InChI=1S/C21H20ClN3O3S/c1-28-17-7-4-5-14(9-17)13-29-21-24-16(11-20(27)25-21)10-19(26)23-12-15-6-2-3-8-18(15)22/h2-9,11H,10,12-13H2,1H3,(H,23,26)(H,24,25,27). The number of methoxy groups -OCH3 is 1. The Morgan fingerprint density at radius 3 is 2.83 bits per heavy atom. The summed E-state index contributed by atoms with van der Waals surface area (Å²) in [6, 6.07) is 16.3. The molecule has 0 fully saturated rings. The average molecular weight is 430 g/mol. The quantitative estimate of drug-likeness (QED) is 0.422. The normalized spacial score (nSPS) is 10.6. The molecular formula is C21H20ClN3O3S. The molecule has 0 atom stereocenters. The van der Waals surface area contributed by atoms with Gasteiger partial charge in [0.15, 0.2) is 5.16 Å². The van der Waals surface area contributed by atoms with Gasteiger partial charge in [-0.25, -0.2) is 4.98 Å². The number of nitrogens with one attached hydrogen (secondary N) is 2. The number of rotatable bonds is 8. The first-order valence-corrected chi connectivity index (χ1v) is 10.3. The van der Waals surface area contributed by atoms with E-state index in [1.165, 1.54) is 17.8 Å². The number of nitrogens with zero attached hydrogens (tertiary/aromatic N) is 1. The minimum Gasteiger partial charge on any atom is -0.497 e. The van der Waals surface area contributed by atoms with Crippen LogP contribution >= 0.6 is 23.4 Å². The second kappa shape index (κ2) is 10.1. The number of ether oxygens (including phenoxy) is 1. The largest absolute Gasteiger partial charge is 0.497 e. The van der Waals surface area contributed by atoms with Gasteiger partial charge in [-0.15, -0.1) is 0 Å². The van der Waals surface area contributed by atoms with Crippen molar-refractivity contribution in [1.29, 1.82) is 0 Å². The van der Waals surface area contributed by atoms with Crippen molar-refractivity contribution in [2.75, 3.05) is 7.11 Å². The van der Waals surface area contributed by atoms with Crippen LogP contribution in [0.2, 0.25) is 5.02 Å². The van der Waals surface area contributed by atoms with Crippen LogP contribution in [-0.4, -0.2) is 23.0 Å². The van der Waals surface area contributed by atoms with Gasteiger partial charge in [0.2, 0.25) is 5.91 Å². The number of aromatic nitrogens is 2. The predicted octanol–water partition coefficient (Wildman–Crippen LogP) is 3.58. The molecule has 3 rings (SSSR count). The number of amides is 1. The number of carbonyl (C=O) groups excluding carboxylic acids is 1. The monoisotopic (exact) mass is 429 g/mol. The summed E-state index contributed by atoms with van der Waals surface area (Å²) in [6.07, 6.45) is 0.0150. The second-order valence-electron chi connectivity index (χ2n) is 6.23. The molecule has 0 aliphatic heterocycles. The Hall–Kier alpha value is -2.77. The van der Waals surface area contributed by atoms with Crippen molar-refractivity contribution in [2.45, 2.75) is 23.9 Å². The molecule has 3 aromatic rings. The highest BCUT2D eigenvalue weighted by molar-refractivity contribution is 7.98. The zero-order chi connectivity index (χ0) is 20.6. The van der Waals surface area contributed by atoms with Gasteiger partial charge in [-0.05, 0) is 29.3 Å². The van der Waals surface area contributed by atoms with Gasteiger partial charge in [0.25, 0.3) is 5.56 Å². The minimum absolute atomic E-state index is 0.0150. The summed E-state index contributed by atoms with van der Waals surface area (Å²) in [6.45, 7) is 0.319. The lowest BCUT2D eigenvalue weighted by Crippen LogP contribution is -2.26. The molecule has 2 aromatic carbocycles. The Balaban J connectivity index is 1.60. The highest BCUT2D eigenvalue weighted by Crippen LogP contribution is 2.21. The third-order valence-electron chi connectivity index (χ3n) is 4.06. The molecule has 0 saturated carbocycles. The van der Waals surface area contributed by atoms with Gasteiger partial charge in [-0.2, -0.15) is 0 Å². The zero-order valence-corrected chi connectivity index (χ0v) is 17.3. The van der Waals surface area contributed by atoms with Crippen LogP contribution in [0, 0.1) is 0 Å². The van der Waals surface area contributed by atoms with Gasteiger partial charge < -0.3 is 15.0 Å². The number of hydrogen-bond acceptors (Lipinski definition) is 5. The number of carbonyl (C=O) groups is 1. The Bertz CT molecular complexity index is 1060. The maximum Gasteiger partial charge on any atom is 0.251 e. The Morgan fingerprint density at radius 1 is 1.21 bits per heavy atom. The molecule has 29 heavy (non-hydrogen) atoms. The van der Waals surface area contributed by atoms with Crippen molar-refractivity contribution >= 4 is 29.3 Å². The smallest absolute Gasteiger partial charge is 0.251 e. The van der Waals surface area contributed by atoms with Crippen LogP contribution in [0.3, 0.4) is 0 Å². The first-order chi connectivity index (χ1) is 14.0. The SMILES string of the molecule is COc1cccc(CSc2nc(CC(=O)NCc3ccccc3Cl)cc(=O)[nH]2)c1.